The van der Waals surface area contributed by atoms with Gasteiger partial charge in [0, 0.05) is 5.56 Å². The lowest BCUT2D eigenvalue weighted by Crippen LogP contribution is -1.98. The molecule has 1 heterocycles. The molecule has 104 valence electrons. The fraction of sp³-hybridized carbons (Fsp3) is 0. The lowest BCUT2D eigenvalue weighted by atomic mass is 10.1. The van der Waals surface area contributed by atoms with E-state index in [0.717, 1.165) is 14.4 Å². The molecule has 2 nitrogen and oxygen atoms in total. The zero-order chi connectivity index (χ0) is 14.7. The molecule has 0 N–H and O–H groups in total. The van der Waals surface area contributed by atoms with Crippen LogP contribution >= 0.6 is 27.3 Å². The summed E-state index contributed by atoms with van der Waals surface area (Å²) in [7, 11) is 0. The predicted molar refractivity (Wildman–Crippen MR) is 88.4 cm³/mol. The first kappa shape index (κ1) is 14.0. The first-order valence-electron chi connectivity index (χ1n) is 6.35. The van der Waals surface area contributed by atoms with E-state index in [2.05, 4.69) is 15.9 Å². The molecule has 0 aliphatic heterocycles. The van der Waals surface area contributed by atoms with Gasteiger partial charge in [-0.05, 0) is 64.5 Å². The molecule has 0 unspecified atom stereocenters. The minimum atomic E-state index is 0.0250. The quantitative estimate of drug-likeness (QED) is 0.572. The maximum atomic E-state index is 12.3. The van der Waals surface area contributed by atoms with Crippen molar-refractivity contribution < 1.29 is 9.53 Å². The van der Waals surface area contributed by atoms with Crippen LogP contribution in [0.15, 0.2) is 70.5 Å². The van der Waals surface area contributed by atoms with Crippen molar-refractivity contribution in [2.75, 3.05) is 0 Å². The number of carbonyl (C=O) groups is 1. The number of para-hydroxylation sites is 1. The third-order valence-electron chi connectivity index (χ3n) is 2.89. The van der Waals surface area contributed by atoms with Crippen molar-refractivity contribution in [2.24, 2.45) is 0 Å². The highest BCUT2D eigenvalue weighted by Crippen LogP contribution is 2.26. The summed E-state index contributed by atoms with van der Waals surface area (Å²) in [6.07, 6.45) is 0. The van der Waals surface area contributed by atoms with Crippen molar-refractivity contribution in [3.05, 3.63) is 81.0 Å². The molecule has 21 heavy (non-hydrogen) atoms. The molecular weight excluding hydrogens is 348 g/mol. The number of hydrogen-bond acceptors (Lipinski definition) is 3. The number of benzene rings is 2. The standard InChI is InChI=1S/C17H11BrO2S/c18-16-11-10-15(21-16)17(19)12-6-8-14(9-7-12)20-13-4-2-1-3-5-13/h1-11H. The molecule has 0 fully saturated rings. The molecule has 0 bridgehead atoms. The highest BCUT2D eigenvalue weighted by atomic mass is 79.9. The molecule has 3 aromatic rings. The normalized spacial score (nSPS) is 10.3. The van der Waals surface area contributed by atoms with Crippen LogP contribution in [0.3, 0.4) is 0 Å². The monoisotopic (exact) mass is 358 g/mol. The van der Waals surface area contributed by atoms with Gasteiger partial charge in [-0.1, -0.05) is 18.2 Å². The van der Waals surface area contributed by atoms with Gasteiger partial charge in [0.25, 0.3) is 0 Å². The van der Waals surface area contributed by atoms with Gasteiger partial charge < -0.3 is 4.74 Å². The summed E-state index contributed by atoms with van der Waals surface area (Å²) < 4.78 is 6.66. The zero-order valence-corrected chi connectivity index (χ0v) is 13.4. The Bertz CT molecular complexity index is 748. The van der Waals surface area contributed by atoms with Gasteiger partial charge in [-0.15, -0.1) is 11.3 Å². The van der Waals surface area contributed by atoms with Crippen LogP contribution in [0.5, 0.6) is 11.5 Å². The van der Waals surface area contributed by atoms with Crippen molar-refractivity contribution in [1.29, 1.82) is 0 Å². The van der Waals surface area contributed by atoms with Crippen molar-refractivity contribution >= 4 is 33.0 Å². The molecule has 4 heteroatoms. The van der Waals surface area contributed by atoms with Crippen molar-refractivity contribution in [3.63, 3.8) is 0 Å². The Labute approximate surface area is 135 Å². The van der Waals surface area contributed by atoms with Gasteiger partial charge in [0.05, 0.1) is 8.66 Å². The molecule has 0 spiro atoms. The third kappa shape index (κ3) is 3.40. The van der Waals surface area contributed by atoms with Gasteiger partial charge in [-0.3, -0.25) is 4.79 Å². The topological polar surface area (TPSA) is 26.3 Å². The second-order valence-corrected chi connectivity index (χ2v) is 6.84. The zero-order valence-electron chi connectivity index (χ0n) is 11.0. The van der Waals surface area contributed by atoms with Gasteiger partial charge in [-0.25, -0.2) is 0 Å². The van der Waals surface area contributed by atoms with E-state index < -0.39 is 0 Å². The van der Waals surface area contributed by atoms with Crippen LogP contribution in [0.1, 0.15) is 15.2 Å². The molecular formula is C17H11BrO2S. The largest absolute Gasteiger partial charge is 0.457 e. The minimum Gasteiger partial charge on any atom is -0.457 e. The summed E-state index contributed by atoms with van der Waals surface area (Å²) in [5, 5.41) is 0. The second kappa shape index (κ2) is 6.24. The Hall–Kier alpha value is -1.91. The molecule has 0 saturated heterocycles. The molecule has 3 rings (SSSR count). The molecule has 0 atom stereocenters. The van der Waals surface area contributed by atoms with Gasteiger partial charge in [0.1, 0.15) is 11.5 Å². The van der Waals surface area contributed by atoms with E-state index in [1.807, 2.05) is 54.6 Å². The molecule has 0 aliphatic carbocycles. The average Bonchev–Trinajstić information content (AvgIpc) is 2.95. The fourth-order valence-corrected chi connectivity index (χ4v) is 3.23. The van der Waals surface area contributed by atoms with Gasteiger partial charge in [-0.2, -0.15) is 0 Å². The highest BCUT2D eigenvalue weighted by molar-refractivity contribution is 9.11. The van der Waals surface area contributed by atoms with Crippen molar-refractivity contribution in [1.82, 2.24) is 0 Å². The Morgan fingerprint density at radius 2 is 1.52 bits per heavy atom. The number of hydrogen-bond donors (Lipinski definition) is 0. The van der Waals surface area contributed by atoms with E-state index in [4.69, 9.17) is 4.74 Å². The van der Waals surface area contributed by atoms with Gasteiger partial charge >= 0.3 is 0 Å². The summed E-state index contributed by atoms with van der Waals surface area (Å²) in [5.41, 5.74) is 0.657. The molecule has 0 aliphatic rings. The van der Waals surface area contributed by atoms with E-state index in [1.54, 1.807) is 12.1 Å². The highest BCUT2D eigenvalue weighted by Gasteiger charge is 2.11. The first-order chi connectivity index (χ1) is 10.2. The lowest BCUT2D eigenvalue weighted by Gasteiger charge is -2.06. The summed E-state index contributed by atoms with van der Waals surface area (Å²) in [4.78, 5) is 13.0. The maximum Gasteiger partial charge on any atom is 0.202 e. The van der Waals surface area contributed by atoms with E-state index in [1.165, 1.54) is 11.3 Å². The fourth-order valence-electron chi connectivity index (χ4n) is 1.88. The van der Waals surface area contributed by atoms with E-state index in [9.17, 15) is 4.79 Å². The number of carbonyl (C=O) groups excluding carboxylic acids is 1. The Morgan fingerprint density at radius 3 is 2.14 bits per heavy atom. The maximum absolute atomic E-state index is 12.3. The minimum absolute atomic E-state index is 0.0250. The van der Waals surface area contributed by atoms with Gasteiger partial charge in [0.2, 0.25) is 5.78 Å². The van der Waals surface area contributed by atoms with Crippen LogP contribution in [-0.2, 0) is 0 Å². The Balaban J connectivity index is 1.76. The summed E-state index contributed by atoms with van der Waals surface area (Å²) >= 11 is 4.80. The second-order valence-electron chi connectivity index (χ2n) is 4.37. The number of ketones is 1. The van der Waals surface area contributed by atoms with E-state index in [-0.39, 0.29) is 5.78 Å². The lowest BCUT2D eigenvalue weighted by molar-refractivity contribution is 0.104. The van der Waals surface area contributed by atoms with Crippen LogP contribution in [0, 0.1) is 0 Å². The first-order valence-corrected chi connectivity index (χ1v) is 7.96. The number of ether oxygens (including phenoxy) is 1. The number of rotatable bonds is 4. The van der Waals surface area contributed by atoms with E-state index >= 15 is 0 Å². The van der Waals surface area contributed by atoms with Crippen LogP contribution in [-0.4, -0.2) is 5.78 Å². The number of thiophene rings is 1. The van der Waals surface area contributed by atoms with Gasteiger partial charge in [0.15, 0.2) is 0 Å². The van der Waals surface area contributed by atoms with Crippen LogP contribution in [0.25, 0.3) is 0 Å². The predicted octanol–water partition coefficient (Wildman–Crippen LogP) is 5.53. The molecule has 0 saturated carbocycles. The molecule has 1 aromatic heterocycles. The smallest absolute Gasteiger partial charge is 0.202 e. The number of halogens is 1. The summed E-state index contributed by atoms with van der Waals surface area (Å²) in [5.74, 6) is 1.51. The van der Waals surface area contributed by atoms with Crippen LogP contribution in [0.2, 0.25) is 0 Å². The molecule has 0 amide bonds. The van der Waals surface area contributed by atoms with Crippen molar-refractivity contribution in [2.45, 2.75) is 0 Å². The average molecular weight is 359 g/mol. The Morgan fingerprint density at radius 1 is 0.857 bits per heavy atom. The summed E-state index contributed by atoms with van der Waals surface area (Å²) in [6.45, 7) is 0. The molecule has 2 aromatic carbocycles. The van der Waals surface area contributed by atoms with Crippen molar-refractivity contribution in [3.8, 4) is 11.5 Å². The van der Waals surface area contributed by atoms with E-state index in [0.29, 0.717) is 11.3 Å². The van der Waals surface area contributed by atoms with Crippen LogP contribution < -0.4 is 4.74 Å². The van der Waals surface area contributed by atoms with Crippen LogP contribution in [0.4, 0.5) is 0 Å². The SMILES string of the molecule is O=C(c1ccc(Oc2ccccc2)cc1)c1ccc(Br)s1. The third-order valence-corrected chi connectivity index (χ3v) is 4.51. The Kier molecular flexibility index (Phi) is 4.18. The molecule has 0 radical (unpaired) electrons. The summed E-state index contributed by atoms with van der Waals surface area (Å²) in [6, 6.07) is 20.5.